The van der Waals surface area contributed by atoms with E-state index in [1.54, 1.807) is 19.1 Å². The van der Waals surface area contributed by atoms with E-state index in [0.717, 1.165) is 0 Å². The summed E-state index contributed by atoms with van der Waals surface area (Å²) in [4.78, 5) is 13.6. The monoisotopic (exact) mass is 555 g/mol. The first-order valence-corrected chi connectivity index (χ1v) is 15.7. The molecule has 0 saturated heterocycles. The second-order valence-electron chi connectivity index (χ2n) is 10.8. The highest BCUT2D eigenvalue weighted by molar-refractivity contribution is 8.24. The lowest BCUT2D eigenvalue weighted by Gasteiger charge is -2.30. The van der Waals surface area contributed by atoms with E-state index in [1.165, 1.54) is 17.0 Å². The first-order chi connectivity index (χ1) is 17.0. The molecular formula is C24H38N5O6PS. The highest BCUT2D eigenvalue weighted by atomic mass is 32.3. The van der Waals surface area contributed by atoms with Gasteiger partial charge in [0.2, 0.25) is 0 Å². The molecule has 13 heteroatoms. The van der Waals surface area contributed by atoms with Crippen LogP contribution in [0.3, 0.4) is 0 Å². The molecule has 0 amide bonds. The van der Waals surface area contributed by atoms with Crippen LogP contribution in [0.5, 0.6) is 5.75 Å². The molecular weight excluding hydrogens is 517 g/mol. The lowest BCUT2D eigenvalue weighted by atomic mass is 9.92. The van der Waals surface area contributed by atoms with Crippen LogP contribution >= 0.6 is 18.3 Å². The zero-order chi connectivity index (χ0) is 27.8. The van der Waals surface area contributed by atoms with Gasteiger partial charge in [0, 0.05) is 12.8 Å². The number of nitrogens with one attached hydrogen (secondary N) is 2. The van der Waals surface area contributed by atoms with Gasteiger partial charge >= 0.3 is 7.52 Å². The van der Waals surface area contributed by atoms with Crippen LogP contribution in [0.4, 0.5) is 11.4 Å². The SMILES string of the molecule is CCOP1(=O)N=C(c2c(O)c(CC(C)C)nn(CCC(C)(C)C)c2=O)Nc2ccc(NS(C)(O)O)cc21. The summed E-state index contributed by atoms with van der Waals surface area (Å²) in [5.41, 5.74) is 0.321. The Morgan fingerprint density at radius 3 is 2.51 bits per heavy atom. The van der Waals surface area contributed by atoms with Gasteiger partial charge in [-0.3, -0.25) is 23.2 Å². The van der Waals surface area contributed by atoms with Crippen molar-refractivity contribution in [3.05, 3.63) is 39.8 Å². The molecule has 0 fully saturated rings. The van der Waals surface area contributed by atoms with Gasteiger partial charge in [0.1, 0.15) is 11.3 Å². The number of benzene rings is 1. The third kappa shape index (κ3) is 7.14. The predicted molar refractivity (Wildman–Crippen MR) is 151 cm³/mol. The van der Waals surface area contributed by atoms with Crippen molar-refractivity contribution < 1.29 is 23.3 Å². The van der Waals surface area contributed by atoms with E-state index in [2.05, 4.69) is 40.7 Å². The van der Waals surface area contributed by atoms with Crippen molar-refractivity contribution in [1.82, 2.24) is 9.78 Å². The maximum atomic E-state index is 14.0. The molecule has 1 aliphatic heterocycles. The molecule has 37 heavy (non-hydrogen) atoms. The van der Waals surface area contributed by atoms with Crippen molar-refractivity contribution in [3.63, 3.8) is 0 Å². The number of hydrogen-bond donors (Lipinski definition) is 5. The van der Waals surface area contributed by atoms with E-state index in [-0.39, 0.29) is 40.4 Å². The van der Waals surface area contributed by atoms with Gasteiger partial charge in [-0.1, -0.05) is 34.6 Å². The molecule has 0 bridgehead atoms. The second-order valence-corrected chi connectivity index (χ2v) is 14.6. The number of aryl methyl sites for hydroxylation is 1. The molecule has 206 valence electrons. The Morgan fingerprint density at radius 2 is 1.95 bits per heavy atom. The van der Waals surface area contributed by atoms with Gasteiger partial charge in [-0.05, 0) is 49.3 Å². The van der Waals surface area contributed by atoms with E-state index in [0.29, 0.717) is 36.5 Å². The zero-order valence-corrected chi connectivity index (χ0v) is 24.1. The van der Waals surface area contributed by atoms with Crippen molar-refractivity contribution in [2.75, 3.05) is 22.9 Å². The Hall–Kier alpha value is -2.37. The van der Waals surface area contributed by atoms with Crippen LogP contribution < -0.4 is 20.9 Å². The number of rotatable bonds is 9. The third-order valence-electron chi connectivity index (χ3n) is 5.51. The number of aromatic nitrogens is 2. The highest BCUT2D eigenvalue weighted by Crippen LogP contribution is 2.52. The van der Waals surface area contributed by atoms with Crippen LogP contribution in [0.1, 0.15) is 59.2 Å². The molecule has 1 aromatic heterocycles. The minimum absolute atomic E-state index is 0.0474. The molecule has 1 atom stereocenters. The summed E-state index contributed by atoms with van der Waals surface area (Å²) >= 11 is 0. The van der Waals surface area contributed by atoms with Crippen LogP contribution in [0.25, 0.3) is 0 Å². The number of fused-ring (bicyclic) bond motifs is 1. The van der Waals surface area contributed by atoms with Gasteiger partial charge < -0.3 is 14.9 Å². The van der Waals surface area contributed by atoms with Gasteiger partial charge in [-0.25, -0.2) is 4.68 Å². The lowest BCUT2D eigenvalue weighted by Crippen LogP contribution is -2.36. The van der Waals surface area contributed by atoms with Gasteiger partial charge in [-0.2, -0.15) is 9.86 Å². The maximum Gasteiger partial charge on any atom is 0.348 e. The molecule has 0 spiro atoms. The van der Waals surface area contributed by atoms with Gasteiger partial charge in [-0.15, -0.1) is 10.8 Å². The van der Waals surface area contributed by atoms with E-state index in [1.807, 2.05) is 13.8 Å². The Kier molecular flexibility index (Phi) is 8.51. The quantitative estimate of drug-likeness (QED) is 0.268. The van der Waals surface area contributed by atoms with Gasteiger partial charge in [0.15, 0.2) is 11.6 Å². The predicted octanol–water partition coefficient (Wildman–Crippen LogP) is 5.02. The molecule has 1 aliphatic rings. The van der Waals surface area contributed by atoms with Crippen molar-refractivity contribution in [3.8, 4) is 5.75 Å². The molecule has 0 radical (unpaired) electrons. The van der Waals surface area contributed by atoms with Crippen molar-refractivity contribution >= 4 is 40.8 Å². The topological polar surface area (TPSA) is 158 Å². The Morgan fingerprint density at radius 1 is 1.27 bits per heavy atom. The molecule has 2 aromatic rings. The molecule has 2 heterocycles. The fourth-order valence-electron chi connectivity index (χ4n) is 3.83. The Balaban J connectivity index is 2.19. The first kappa shape index (κ1) is 29.2. The minimum atomic E-state index is -3.91. The molecule has 3 rings (SSSR count). The summed E-state index contributed by atoms with van der Waals surface area (Å²) in [7, 11) is -6.98. The number of aromatic hydroxyl groups is 1. The second kappa shape index (κ2) is 10.8. The summed E-state index contributed by atoms with van der Waals surface area (Å²) in [6.07, 6.45) is 2.34. The molecule has 0 aliphatic carbocycles. The van der Waals surface area contributed by atoms with E-state index < -0.39 is 23.9 Å². The summed E-state index contributed by atoms with van der Waals surface area (Å²) in [6.45, 7) is 12.3. The smallest absolute Gasteiger partial charge is 0.348 e. The summed E-state index contributed by atoms with van der Waals surface area (Å²) in [6, 6.07) is 4.62. The molecule has 1 aromatic carbocycles. The van der Waals surface area contributed by atoms with Crippen LogP contribution in [-0.4, -0.2) is 42.7 Å². The normalized spacial score (nSPS) is 18.3. The molecule has 11 nitrogen and oxygen atoms in total. The summed E-state index contributed by atoms with van der Waals surface area (Å²) < 4.78 is 47.4. The number of anilines is 2. The van der Waals surface area contributed by atoms with Gasteiger partial charge in [0.25, 0.3) is 5.56 Å². The zero-order valence-electron chi connectivity index (χ0n) is 22.4. The van der Waals surface area contributed by atoms with Crippen molar-refractivity contribution in [2.24, 2.45) is 16.1 Å². The Bertz CT molecular complexity index is 1300. The summed E-state index contributed by atoms with van der Waals surface area (Å²) in [5.74, 6) is -0.209. The highest BCUT2D eigenvalue weighted by Gasteiger charge is 2.36. The first-order valence-electron chi connectivity index (χ1n) is 12.1. The third-order valence-corrected chi connectivity index (χ3v) is 8.19. The number of hydrogen-bond acceptors (Lipinski definition) is 9. The van der Waals surface area contributed by atoms with Crippen molar-refractivity contribution in [2.45, 2.75) is 60.9 Å². The molecule has 1 unspecified atom stereocenters. The average Bonchev–Trinajstić information content (AvgIpc) is 2.73. The lowest BCUT2D eigenvalue weighted by molar-refractivity contribution is 0.332. The standard InChI is InChI=1S/C24H38N5O6PS/c1-8-35-36(32)19-14-16(28-37(7,33)34)9-10-17(19)25-22(27-36)20-21(30)18(13-15(2)3)26-29(23(20)31)12-11-24(4,5)6/h9-10,14-15,28,30,33-34H,8,11-13H2,1-7H3,(H,25,27,32). The van der Waals surface area contributed by atoms with Crippen LogP contribution in [0.15, 0.2) is 27.8 Å². The maximum absolute atomic E-state index is 14.0. The molecule has 0 saturated carbocycles. The number of nitrogens with zero attached hydrogens (tertiary/aromatic N) is 3. The van der Waals surface area contributed by atoms with E-state index in [4.69, 9.17) is 4.52 Å². The van der Waals surface area contributed by atoms with E-state index in [9.17, 15) is 23.6 Å². The summed E-state index contributed by atoms with van der Waals surface area (Å²) in [5, 5.41) is 18.8. The number of amidine groups is 1. The van der Waals surface area contributed by atoms with Crippen LogP contribution in [0, 0.1) is 11.3 Å². The van der Waals surface area contributed by atoms with Crippen LogP contribution in [-0.2, 0) is 22.1 Å². The van der Waals surface area contributed by atoms with Gasteiger partial charge in [0.05, 0.1) is 23.3 Å². The fourth-order valence-corrected chi connectivity index (χ4v) is 6.20. The van der Waals surface area contributed by atoms with Crippen molar-refractivity contribution in [1.29, 1.82) is 0 Å². The Labute approximate surface area is 219 Å². The molecule has 5 N–H and O–H groups in total. The largest absolute Gasteiger partial charge is 0.505 e. The minimum Gasteiger partial charge on any atom is -0.505 e. The average molecular weight is 556 g/mol. The van der Waals surface area contributed by atoms with Crippen LogP contribution in [0.2, 0.25) is 0 Å². The van der Waals surface area contributed by atoms with E-state index >= 15 is 0 Å². The fraction of sp³-hybridized carbons (Fsp3) is 0.542.